The molecule has 0 aliphatic carbocycles. The SMILES string of the molecule is O=C(COc1ccccc1F)N/N=C/c1ccc(O)c(O)c1. The number of hydrazone groups is 1. The summed E-state index contributed by atoms with van der Waals surface area (Å²) in [5.74, 6) is -1.69. The minimum absolute atomic E-state index is 0.0231. The molecule has 6 nitrogen and oxygen atoms in total. The summed E-state index contributed by atoms with van der Waals surface area (Å²) in [7, 11) is 0. The number of aromatic hydroxyl groups is 2. The Balaban J connectivity index is 1.83. The zero-order valence-electron chi connectivity index (χ0n) is 11.4. The number of phenols is 2. The number of ether oxygens (including phenoxy) is 1. The minimum atomic E-state index is -0.567. The quantitative estimate of drug-likeness (QED) is 0.446. The molecule has 0 aromatic heterocycles. The van der Waals surface area contributed by atoms with Crippen molar-refractivity contribution in [3.63, 3.8) is 0 Å². The van der Waals surface area contributed by atoms with Crippen LogP contribution in [0.1, 0.15) is 5.56 Å². The molecule has 0 atom stereocenters. The van der Waals surface area contributed by atoms with Gasteiger partial charge in [0.15, 0.2) is 29.7 Å². The number of hydrogen-bond donors (Lipinski definition) is 3. The number of amides is 1. The molecule has 0 saturated carbocycles. The van der Waals surface area contributed by atoms with Crippen LogP contribution in [0.25, 0.3) is 0 Å². The molecule has 0 saturated heterocycles. The predicted octanol–water partition coefficient (Wildman–Crippen LogP) is 1.77. The van der Waals surface area contributed by atoms with Crippen LogP contribution in [0.3, 0.4) is 0 Å². The highest BCUT2D eigenvalue weighted by molar-refractivity contribution is 5.83. The summed E-state index contributed by atoms with van der Waals surface area (Å²) in [6, 6.07) is 9.81. The number of halogens is 1. The summed E-state index contributed by atoms with van der Waals surface area (Å²) in [6.45, 7) is -0.390. The lowest BCUT2D eigenvalue weighted by molar-refractivity contribution is -0.123. The molecule has 0 spiro atoms. The number of para-hydroxylation sites is 1. The fourth-order valence-corrected chi connectivity index (χ4v) is 1.54. The molecule has 3 N–H and O–H groups in total. The zero-order valence-corrected chi connectivity index (χ0v) is 11.4. The Morgan fingerprint density at radius 1 is 1.23 bits per heavy atom. The van der Waals surface area contributed by atoms with E-state index in [0.29, 0.717) is 5.56 Å². The van der Waals surface area contributed by atoms with Gasteiger partial charge >= 0.3 is 0 Å². The number of phenolic OH excluding ortho intramolecular Hbond substituents is 2. The highest BCUT2D eigenvalue weighted by Crippen LogP contribution is 2.23. The van der Waals surface area contributed by atoms with E-state index in [1.54, 1.807) is 6.07 Å². The van der Waals surface area contributed by atoms with Gasteiger partial charge in [-0.05, 0) is 35.9 Å². The number of nitrogens with one attached hydrogen (secondary N) is 1. The van der Waals surface area contributed by atoms with Crippen LogP contribution in [0.4, 0.5) is 4.39 Å². The van der Waals surface area contributed by atoms with Crippen molar-refractivity contribution in [1.29, 1.82) is 0 Å². The van der Waals surface area contributed by atoms with Gasteiger partial charge in [0.05, 0.1) is 6.21 Å². The predicted molar refractivity (Wildman–Crippen MR) is 77.4 cm³/mol. The smallest absolute Gasteiger partial charge is 0.277 e. The number of hydrogen-bond acceptors (Lipinski definition) is 5. The molecule has 7 heteroatoms. The third-order valence-corrected chi connectivity index (χ3v) is 2.60. The van der Waals surface area contributed by atoms with Crippen molar-refractivity contribution in [2.75, 3.05) is 6.61 Å². The second-order valence-corrected chi connectivity index (χ2v) is 4.26. The lowest BCUT2D eigenvalue weighted by Crippen LogP contribution is -2.24. The van der Waals surface area contributed by atoms with Crippen LogP contribution in [-0.2, 0) is 4.79 Å². The van der Waals surface area contributed by atoms with E-state index in [1.165, 1.54) is 42.6 Å². The molecule has 0 aliphatic rings. The van der Waals surface area contributed by atoms with Crippen molar-refractivity contribution >= 4 is 12.1 Å². The fraction of sp³-hybridized carbons (Fsp3) is 0.0667. The van der Waals surface area contributed by atoms with Crippen molar-refractivity contribution in [2.45, 2.75) is 0 Å². The lowest BCUT2D eigenvalue weighted by atomic mass is 10.2. The maximum Gasteiger partial charge on any atom is 0.277 e. The summed E-state index contributed by atoms with van der Waals surface area (Å²) in [5, 5.41) is 22.1. The molecule has 0 radical (unpaired) electrons. The summed E-state index contributed by atoms with van der Waals surface area (Å²) >= 11 is 0. The van der Waals surface area contributed by atoms with Crippen LogP contribution in [0, 0.1) is 5.82 Å². The van der Waals surface area contributed by atoms with Crippen molar-refractivity contribution in [2.24, 2.45) is 5.10 Å². The molecule has 2 rings (SSSR count). The molecular weight excluding hydrogens is 291 g/mol. The van der Waals surface area contributed by atoms with E-state index in [2.05, 4.69) is 10.5 Å². The molecule has 22 heavy (non-hydrogen) atoms. The molecule has 0 fully saturated rings. The molecule has 0 unspecified atom stereocenters. The first-order chi connectivity index (χ1) is 10.6. The first kappa shape index (κ1) is 15.3. The highest BCUT2D eigenvalue weighted by atomic mass is 19.1. The van der Waals surface area contributed by atoms with E-state index in [4.69, 9.17) is 9.84 Å². The second-order valence-electron chi connectivity index (χ2n) is 4.26. The Labute approximate surface area is 125 Å². The molecular formula is C15H13FN2O4. The van der Waals surface area contributed by atoms with Crippen molar-refractivity contribution < 1.29 is 24.1 Å². The van der Waals surface area contributed by atoms with E-state index in [1.807, 2.05) is 0 Å². The average molecular weight is 304 g/mol. The zero-order chi connectivity index (χ0) is 15.9. The molecule has 0 heterocycles. The lowest BCUT2D eigenvalue weighted by Gasteiger charge is -2.05. The van der Waals surface area contributed by atoms with Crippen LogP contribution < -0.4 is 10.2 Å². The third-order valence-electron chi connectivity index (χ3n) is 2.60. The largest absolute Gasteiger partial charge is 0.504 e. The van der Waals surface area contributed by atoms with Gasteiger partial charge in [0.25, 0.3) is 5.91 Å². The number of benzene rings is 2. The van der Waals surface area contributed by atoms with E-state index in [-0.39, 0.29) is 23.9 Å². The maximum atomic E-state index is 13.3. The highest BCUT2D eigenvalue weighted by Gasteiger charge is 2.05. The van der Waals surface area contributed by atoms with Gasteiger partial charge < -0.3 is 14.9 Å². The maximum absolute atomic E-state index is 13.3. The summed E-state index contributed by atoms with van der Waals surface area (Å²) < 4.78 is 18.3. The van der Waals surface area contributed by atoms with Gasteiger partial charge in [-0.2, -0.15) is 5.10 Å². The molecule has 0 bridgehead atoms. The van der Waals surface area contributed by atoms with Crippen LogP contribution in [0.5, 0.6) is 17.2 Å². The van der Waals surface area contributed by atoms with E-state index >= 15 is 0 Å². The van der Waals surface area contributed by atoms with E-state index in [0.717, 1.165) is 0 Å². The number of rotatable bonds is 5. The molecule has 2 aromatic rings. The summed E-state index contributed by atoms with van der Waals surface area (Å²) in [5.41, 5.74) is 2.67. The van der Waals surface area contributed by atoms with Crippen LogP contribution in [0.2, 0.25) is 0 Å². The summed E-state index contributed by atoms with van der Waals surface area (Å²) in [4.78, 5) is 11.5. The first-order valence-electron chi connectivity index (χ1n) is 6.27. The third kappa shape index (κ3) is 4.20. The second kappa shape index (κ2) is 7.07. The average Bonchev–Trinajstić information content (AvgIpc) is 2.50. The van der Waals surface area contributed by atoms with Crippen LogP contribution in [-0.4, -0.2) is 28.9 Å². The number of carbonyl (C=O) groups excluding carboxylic acids is 1. The van der Waals surface area contributed by atoms with Crippen molar-refractivity contribution in [1.82, 2.24) is 5.43 Å². The van der Waals surface area contributed by atoms with Crippen molar-refractivity contribution in [3.05, 3.63) is 53.8 Å². The first-order valence-corrected chi connectivity index (χ1v) is 6.27. The Kier molecular flexibility index (Phi) is 4.92. The monoisotopic (exact) mass is 304 g/mol. The van der Waals surface area contributed by atoms with Gasteiger partial charge in [-0.25, -0.2) is 9.82 Å². The van der Waals surface area contributed by atoms with Gasteiger partial charge in [0.2, 0.25) is 0 Å². The molecule has 2 aromatic carbocycles. The number of nitrogens with zero attached hydrogens (tertiary/aromatic N) is 1. The number of carbonyl (C=O) groups is 1. The Morgan fingerprint density at radius 2 is 2.00 bits per heavy atom. The van der Waals surface area contributed by atoms with Crippen LogP contribution in [0.15, 0.2) is 47.6 Å². The molecule has 0 aliphatic heterocycles. The van der Waals surface area contributed by atoms with Crippen LogP contribution >= 0.6 is 0 Å². The van der Waals surface area contributed by atoms with Gasteiger partial charge in [0, 0.05) is 0 Å². The van der Waals surface area contributed by atoms with E-state index < -0.39 is 11.7 Å². The minimum Gasteiger partial charge on any atom is -0.504 e. The standard InChI is InChI=1S/C15H13FN2O4/c16-11-3-1-2-4-14(11)22-9-15(21)18-17-8-10-5-6-12(19)13(20)7-10/h1-8,19-20H,9H2,(H,18,21)/b17-8+. The van der Waals surface area contributed by atoms with Gasteiger partial charge in [-0.15, -0.1) is 0 Å². The van der Waals surface area contributed by atoms with E-state index in [9.17, 15) is 14.3 Å². The molecule has 1 amide bonds. The van der Waals surface area contributed by atoms with Crippen molar-refractivity contribution in [3.8, 4) is 17.2 Å². The van der Waals surface area contributed by atoms with Gasteiger partial charge in [-0.3, -0.25) is 4.79 Å². The summed E-state index contributed by atoms with van der Waals surface area (Å²) in [6.07, 6.45) is 1.28. The Bertz CT molecular complexity index is 704. The van der Waals surface area contributed by atoms with Gasteiger partial charge in [0.1, 0.15) is 0 Å². The topological polar surface area (TPSA) is 91.2 Å². The fourth-order valence-electron chi connectivity index (χ4n) is 1.54. The Morgan fingerprint density at radius 3 is 2.73 bits per heavy atom. The Hall–Kier alpha value is -3.09. The molecule has 114 valence electrons. The normalized spacial score (nSPS) is 10.6. The van der Waals surface area contributed by atoms with Gasteiger partial charge in [-0.1, -0.05) is 12.1 Å².